The van der Waals surface area contributed by atoms with Crippen LogP contribution < -0.4 is 0 Å². The van der Waals surface area contributed by atoms with E-state index in [0.29, 0.717) is 5.92 Å². The quantitative estimate of drug-likeness (QED) is 0.448. The summed E-state index contributed by atoms with van der Waals surface area (Å²) in [5, 5.41) is 0.768. The van der Waals surface area contributed by atoms with Crippen LogP contribution in [-0.2, 0) is 6.42 Å². The highest BCUT2D eigenvalue weighted by molar-refractivity contribution is 6.30. The fourth-order valence-electron chi connectivity index (χ4n) is 2.78. The summed E-state index contributed by atoms with van der Waals surface area (Å²) >= 11 is 5.91. The van der Waals surface area contributed by atoms with Crippen molar-refractivity contribution < 1.29 is 0 Å². The number of benzene rings is 3. The molecule has 0 aliphatic rings. The number of hydrogen-bond acceptors (Lipinski definition) is 0. The molecule has 0 amide bonds. The SMILES string of the molecule is C[C@H](Cc1ccc(C=Cc2ccc(Cl)cc2)cc1)c1ccccc1. The van der Waals surface area contributed by atoms with Gasteiger partial charge in [-0.3, -0.25) is 0 Å². The Hall–Kier alpha value is -2.31. The predicted molar refractivity (Wildman–Crippen MR) is 105 cm³/mol. The lowest BCUT2D eigenvalue weighted by Crippen LogP contribution is -1.98. The Morgan fingerprint density at radius 1 is 0.750 bits per heavy atom. The van der Waals surface area contributed by atoms with Crippen molar-refractivity contribution in [1.82, 2.24) is 0 Å². The molecule has 3 aromatic rings. The van der Waals surface area contributed by atoms with E-state index < -0.39 is 0 Å². The first kappa shape index (κ1) is 16.5. The molecular formula is C23H21Cl. The summed E-state index contributed by atoms with van der Waals surface area (Å²) in [4.78, 5) is 0. The van der Waals surface area contributed by atoms with Crippen molar-refractivity contribution in [3.8, 4) is 0 Å². The Morgan fingerprint density at radius 2 is 1.29 bits per heavy atom. The molecule has 24 heavy (non-hydrogen) atoms. The van der Waals surface area contributed by atoms with Crippen LogP contribution in [0.15, 0.2) is 78.9 Å². The van der Waals surface area contributed by atoms with Gasteiger partial charge in [0.25, 0.3) is 0 Å². The van der Waals surface area contributed by atoms with Gasteiger partial charge in [-0.15, -0.1) is 0 Å². The Labute approximate surface area is 149 Å². The molecule has 0 heterocycles. The van der Waals surface area contributed by atoms with Crippen LogP contribution in [0.5, 0.6) is 0 Å². The zero-order chi connectivity index (χ0) is 16.8. The number of halogens is 1. The Morgan fingerprint density at radius 3 is 1.88 bits per heavy atom. The molecule has 0 nitrogen and oxygen atoms in total. The molecule has 0 unspecified atom stereocenters. The fourth-order valence-corrected chi connectivity index (χ4v) is 2.91. The molecule has 0 aliphatic heterocycles. The summed E-state index contributed by atoms with van der Waals surface area (Å²) in [5.74, 6) is 0.529. The maximum absolute atomic E-state index is 5.91. The molecule has 120 valence electrons. The third-order valence-electron chi connectivity index (χ3n) is 4.23. The van der Waals surface area contributed by atoms with Crippen molar-refractivity contribution in [2.75, 3.05) is 0 Å². The molecule has 3 aromatic carbocycles. The van der Waals surface area contributed by atoms with E-state index in [2.05, 4.69) is 73.7 Å². The van der Waals surface area contributed by atoms with Gasteiger partial charge in [-0.2, -0.15) is 0 Å². The summed E-state index contributed by atoms with van der Waals surface area (Å²) in [5.41, 5.74) is 5.13. The van der Waals surface area contributed by atoms with Crippen LogP contribution in [0.1, 0.15) is 35.1 Å². The standard InChI is InChI=1S/C23H21Cl/c1-18(22-5-3-2-4-6-22)17-21-11-9-19(10-12-21)7-8-20-13-15-23(24)16-14-20/h2-16,18H,17H2,1H3/t18-/m1/s1. The van der Waals surface area contributed by atoms with Gasteiger partial charge in [0, 0.05) is 5.02 Å². The molecule has 3 rings (SSSR count). The predicted octanol–water partition coefficient (Wildman–Crippen LogP) is 6.86. The zero-order valence-electron chi connectivity index (χ0n) is 13.8. The lowest BCUT2D eigenvalue weighted by atomic mass is 9.93. The molecule has 0 radical (unpaired) electrons. The molecule has 1 atom stereocenters. The summed E-state index contributed by atoms with van der Waals surface area (Å²) < 4.78 is 0. The molecule has 0 aromatic heterocycles. The molecule has 0 aliphatic carbocycles. The second-order valence-electron chi connectivity index (χ2n) is 6.14. The van der Waals surface area contributed by atoms with Gasteiger partial charge in [0.2, 0.25) is 0 Å². The molecule has 1 heteroatoms. The van der Waals surface area contributed by atoms with Gasteiger partial charge in [-0.05, 0) is 46.7 Å². The topological polar surface area (TPSA) is 0 Å². The van der Waals surface area contributed by atoms with E-state index in [1.54, 1.807) is 0 Å². The van der Waals surface area contributed by atoms with Gasteiger partial charge in [-0.25, -0.2) is 0 Å². The van der Waals surface area contributed by atoms with Crippen LogP contribution in [-0.4, -0.2) is 0 Å². The van der Waals surface area contributed by atoms with Crippen LogP contribution >= 0.6 is 11.6 Å². The summed E-state index contributed by atoms with van der Waals surface area (Å²) in [6.45, 7) is 2.28. The number of hydrogen-bond donors (Lipinski definition) is 0. The van der Waals surface area contributed by atoms with Gasteiger partial charge in [0.1, 0.15) is 0 Å². The van der Waals surface area contributed by atoms with Gasteiger partial charge in [0.05, 0.1) is 0 Å². The first-order chi connectivity index (χ1) is 11.7. The Bertz CT molecular complexity index is 784. The maximum Gasteiger partial charge on any atom is 0.0406 e. The van der Waals surface area contributed by atoms with Gasteiger partial charge in [-0.1, -0.05) is 97.4 Å². The van der Waals surface area contributed by atoms with Gasteiger partial charge >= 0.3 is 0 Å². The highest BCUT2D eigenvalue weighted by Gasteiger charge is 2.05. The summed E-state index contributed by atoms with van der Waals surface area (Å²) in [7, 11) is 0. The maximum atomic E-state index is 5.91. The lowest BCUT2D eigenvalue weighted by molar-refractivity contribution is 0.759. The average molecular weight is 333 g/mol. The lowest BCUT2D eigenvalue weighted by Gasteiger charge is -2.12. The monoisotopic (exact) mass is 332 g/mol. The van der Waals surface area contributed by atoms with Crippen LogP contribution in [0.3, 0.4) is 0 Å². The molecule has 0 bridgehead atoms. The first-order valence-electron chi connectivity index (χ1n) is 8.28. The van der Waals surface area contributed by atoms with Crippen LogP contribution in [0.2, 0.25) is 5.02 Å². The van der Waals surface area contributed by atoms with Crippen molar-refractivity contribution in [3.05, 3.63) is 106 Å². The van der Waals surface area contributed by atoms with E-state index in [9.17, 15) is 0 Å². The molecule has 0 spiro atoms. The fraction of sp³-hybridized carbons (Fsp3) is 0.130. The highest BCUT2D eigenvalue weighted by atomic mass is 35.5. The zero-order valence-corrected chi connectivity index (χ0v) is 14.6. The summed E-state index contributed by atoms with van der Waals surface area (Å²) in [6.07, 6.45) is 5.30. The van der Waals surface area contributed by atoms with Crippen molar-refractivity contribution >= 4 is 23.8 Å². The minimum atomic E-state index is 0.529. The van der Waals surface area contributed by atoms with E-state index in [0.717, 1.165) is 17.0 Å². The highest BCUT2D eigenvalue weighted by Crippen LogP contribution is 2.21. The molecular weight excluding hydrogens is 312 g/mol. The first-order valence-corrected chi connectivity index (χ1v) is 8.66. The largest absolute Gasteiger partial charge is 0.0843 e. The second-order valence-corrected chi connectivity index (χ2v) is 6.58. The number of rotatable bonds is 5. The van der Waals surface area contributed by atoms with Crippen molar-refractivity contribution in [2.45, 2.75) is 19.3 Å². The molecule has 0 saturated heterocycles. The van der Waals surface area contributed by atoms with Crippen molar-refractivity contribution in [1.29, 1.82) is 0 Å². The van der Waals surface area contributed by atoms with Crippen molar-refractivity contribution in [2.24, 2.45) is 0 Å². The molecule has 0 N–H and O–H groups in total. The van der Waals surface area contributed by atoms with Gasteiger partial charge in [0.15, 0.2) is 0 Å². The minimum Gasteiger partial charge on any atom is -0.0843 e. The van der Waals surface area contributed by atoms with E-state index in [1.807, 2.05) is 24.3 Å². The van der Waals surface area contributed by atoms with E-state index in [4.69, 9.17) is 11.6 Å². The van der Waals surface area contributed by atoms with E-state index in [1.165, 1.54) is 16.7 Å². The smallest absolute Gasteiger partial charge is 0.0406 e. The average Bonchev–Trinajstić information content (AvgIpc) is 2.63. The Balaban J connectivity index is 1.64. The van der Waals surface area contributed by atoms with Crippen molar-refractivity contribution in [3.63, 3.8) is 0 Å². The van der Waals surface area contributed by atoms with Crippen LogP contribution in [0.25, 0.3) is 12.2 Å². The summed E-state index contributed by atoms with van der Waals surface area (Å²) in [6, 6.07) is 27.4. The third kappa shape index (κ3) is 4.59. The Kier molecular flexibility index (Phi) is 5.51. The minimum absolute atomic E-state index is 0.529. The normalized spacial score (nSPS) is 12.4. The van der Waals surface area contributed by atoms with Crippen LogP contribution in [0.4, 0.5) is 0 Å². The molecule has 0 saturated carbocycles. The van der Waals surface area contributed by atoms with E-state index in [-0.39, 0.29) is 0 Å². The molecule has 0 fully saturated rings. The van der Waals surface area contributed by atoms with Gasteiger partial charge < -0.3 is 0 Å². The van der Waals surface area contributed by atoms with Crippen LogP contribution in [0, 0.1) is 0 Å². The second kappa shape index (κ2) is 7.99. The third-order valence-corrected chi connectivity index (χ3v) is 4.48. The van der Waals surface area contributed by atoms with E-state index >= 15 is 0 Å².